The average Bonchev–Trinajstić information content (AvgIpc) is 3.38. The number of carbonyl (C=O) groups excluding carboxylic acids is 1. The van der Waals surface area contributed by atoms with Crippen LogP contribution in [0, 0.1) is 12.8 Å². The summed E-state index contributed by atoms with van der Waals surface area (Å²) in [7, 11) is -3.66. The van der Waals surface area contributed by atoms with Gasteiger partial charge in [0, 0.05) is 37.0 Å². The van der Waals surface area contributed by atoms with Crippen LogP contribution in [0.4, 0.5) is 0 Å². The zero-order valence-corrected chi connectivity index (χ0v) is 18.1. The van der Waals surface area contributed by atoms with E-state index in [1.54, 1.807) is 18.4 Å². The maximum atomic E-state index is 13.1. The Kier molecular flexibility index (Phi) is 6.03. The van der Waals surface area contributed by atoms with Crippen LogP contribution >= 0.6 is 11.3 Å². The molecular weight excluding hydrogens is 412 g/mol. The molecule has 29 heavy (non-hydrogen) atoms. The van der Waals surface area contributed by atoms with Gasteiger partial charge in [0.15, 0.2) is 0 Å². The summed E-state index contributed by atoms with van der Waals surface area (Å²) >= 11 is 1.14. The van der Waals surface area contributed by atoms with Crippen molar-refractivity contribution in [1.82, 2.24) is 19.8 Å². The largest absolute Gasteiger partial charge is 0.353 e. The minimum atomic E-state index is -3.66. The smallest absolute Gasteiger partial charge is 0.252 e. The Morgan fingerprint density at radius 3 is 2.76 bits per heavy atom. The van der Waals surface area contributed by atoms with E-state index in [-0.39, 0.29) is 28.6 Å². The van der Waals surface area contributed by atoms with E-state index < -0.39 is 10.0 Å². The fourth-order valence-corrected chi connectivity index (χ4v) is 6.89. The Bertz CT molecular complexity index is 963. The highest BCUT2D eigenvalue weighted by molar-refractivity contribution is 7.91. The van der Waals surface area contributed by atoms with E-state index in [9.17, 15) is 13.2 Å². The molecule has 1 aliphatic carbocycles. The second-order valence-corrected chi connectivity index (χ2v) is 10.9. The first kappa shape index (κ1) is 20.5. The molecule has 1 aliphatic heterocycles. The molecule has 2 aromatic heterocycles. The van der Waals surface area contributed by atoms with Gasteiger partial charge < -0.3 is 9.84 Å². The molecular formula is C19H26N4O4S2. The maximum absolute atomic E-state index is 13.1. The normalized spacial score (nSPS) is 21.9. The topological polar surface area (TPSA) is 105 Å². The van der Waals surface area contributed by atoms with Crippen molar-refractivity contribution in [2.45, 2.75) is 62.1 Å². The van der Waals surface area contributed by atoms with E-state index in [0.717, 1.165) is 43.4 Å². The predicted molar refractivity (Wildman–Crippen MR) is 109 cm³/mol. The Labute approximate surface area is 174 Å². The minimum Gasteiger partial charge on any atom is -0.353 e. The number of piperidine rings is 1. The van der Waals surface area contributed by atoms with Crippen LogP contribution in [0.2, 0.25) is 0 Å². The van der Waals surface area contributed by atoms with Crippen LogP contribution in [-0.4, -0.2) is 47.9 Å². The van der Waals surface area contributed by atoms with Gasteiger partial charge in [-0.3, -0.25) is 4.79 Å². The zero-order chi connectivity index (χ0) is 20.4. The van der Waals surface area contributed by atoms with Crippen molar-refractivity contribution < 1.29 is 17.7 Å². The minimum absolute atomic E-state index is 0.00839. The van der Waals surface area contributed by atoms with Gasteiger partial charge in [-0.05, 0) is 31.7 Å². The Morgan fingerprint density at radius 1 is 1.24 bits per heavy atom. The van der Waals surface area contributed by atoms with Gasteiger partial charge in [-0.15, -0.1) is 11.3 Å². The van der Waals surface area contributed by atoms with Crippen molar-refractivity contribution >= 4 is 27.3 Å². The van der Waals surface area contributed by atoms with E-state index in [4.69, 9.17) is 4.52 Å². The highest BCUT2D eigenvalue weighted by atomic mass is 32.2. The SMILES string of the molecule is Cc1nc(-c2csc(S(=O)(=O)N3CCC[C@H](C(=O)NC4CCCCC4)C3)c2)no1. The van der Waals surface area contributed by atoms with Crippen molar-refractivity contribution in [1.29, 1.82) is 0 Å². The average molecular weight is 439 g/mol. The van der Waals surface area contributed by atoms with Crippen LogP contribution < -0.4 is 5.32 Å². The van der Waals surface area contributed by atoms with E-state index in [1.165, 1.54) is 10.7 Å². The fraction of sp³-hybridized carbons (Fsp3) is 0.632. The molecule has 0 radical (unpaired) electrons. The summed E-state index contributed by atoms with van der Waals surface area (Å²) < 4.78 is 32.9. The lowest BCUT2D eigenvalue weighted by molar-refractivity contribution is -0.127. The molecule has 2 aromatic rings. The monoisotopic (exact) mass is 438 g/mol. The molecule has 2 fully saturated rings. The summed E-state index contributed by atoms with van der Waals surface area (Å²) in [6.45, 7) is 2.35. The quantitative estimate of drug-likeness (QED) is 0.769. The van der Waals surface area contributed by atoms with Crippen LogP contribution in [0.25, 0.3) is 11.4 Å². The van der Waals surface area contributed by atoms with Crippen molar-refractivity contribution in [3.05, 3.63) is 17.3 Å². The maximum Gasteiger partial charge on any atom is 0.252 e. The first-order valence-electron chi connectivity index (χ1n) is 10.1. The molecule has 3 heterocycles. The third-order valence-electron chi connectivity index (χ3n) is 5.66. The third-order valence-corrected chi connectivity index (χ3v) is 8.94. The molecule has 0 bridgehead atoms. The summed E-state index contributed by atoms with van der Waals surface area (Å²) in [5.74, 6) is 0.507. The molecule has 1 N–H and O–H groups in total. The molecule has 1 saturated heterocycles. The lowest BCUT2D eigenvalue weighted by Gasteiger charge is -2.32. The third kappa shape index (κ3) is 4.54. The van der Waals surface area contributed by atoms with Crippen LogP contribution in [0.15, 0.2) is 20.2 Å². The molecule has 1 atom stereocenters. The number of amides is 1. The first-order chi connectivity index (χ1) is 13.9. The predicted octanol–water partition coefficient (Wildman–Crippen LogP) is 2.96. The Hall–Kier alpha value is -1.78. The van der Waals surface area contributed by atoms with Crippen LogP contribution in [0.3, 0.4) is 0 Å². The summed E-state index contributed by atoms with van der Waals surface area (Å²) in [6, 6.07) is 1.82. The molecule has 0 spiro atoms. The number of rotatable bonds is 5. The number of carbonyl (C=O) groups is 1. The molecule has 10 heteroatoms. The van der Waals surface area contributed by atoms with Crippen LogP contribution in [-0.2, 0) is 14.8 Å². The van der Waals surface area contributed by atoms with Gasteiger partial charge in [0.25, 0.3) is 10.0 Å². The molecule has 158 valence electrons. The van der Waals surface area contributed by atoms with Gasteiger partial charge in [0.05, 0.1) is 5.92 Å². The first-order valence-corrected chi connectivity index (χ1v) is 12.5. The molecule has 1 amide bonds. The van der Waals surface area contributed by atoms with Gasteiger partial charge in [-0.25, -0.2) is 8.42 Å². The second-order valence-electron chi connectivity index (χ2n) is 7.84. The lowest BCUT2D eigenvalue weighted by Crippen LogP contribution is -2.47. The number of thiophene rings is 1. The van der Waals surface area contributed by atoms with Gasteiger partial charge in [0.2, 0.25) is 17.6 Å². The number of aryl methyl sites for hydroxylation is 1. The Balaban J connectivity index is 1.44. The molecule has 1 saturated carbocycles. The highest BCUT2D eigenvalue weighted by Crippen LogP contribution is 2.31. The molecule has 0 aromatic carbocycles. The van der Waals surface area contributed by atoms with E-state index in [1.807, 2.05) is 0 Å². The van der Waals surface area contributed by atoms with Gasteiger partial charge >= 0.3 is 0 Å². The standard InChI is InChI=1S/C19H26N4O4S2/c1-13-20-18(22-27-13)15-10-17(28-12-15)29(25,26)23-9-5-6-14(11-23)19(24)21-16-7-3-2-4-8-16/h10,12,14,16H,2-9,11H2,1H3,(H,21,24)/t14-/m0/s1. The summed E-state index contributed by atoms with van der Waals surface area (Å²) in [6.07, 6.45) is 6.98. The summed E-state index contributed by atoms with van der Waals surface area (Å²) in [5.41, 5.74) is 0.619. The molecule has 8 nitrogen and oxygen atoms in total. The van der Waals surface area contributed by atoms with Gasteiger partial charge in [-0.2, -0.15) is 9.29 Å². The fourth-order valence-electron chi connectivity index (χ4n) is 4.05. The zero-order valence-electron chi connectivity index (χ0n) is 16.5. The van der Waals surface area contributed by atoms with Crippen LogP contribution in [0.5, 0.6) is 0 Å². The summed E-state index contributed by atoms with van der Waals surface area (Å²) in [4.78, 5) is 16.9. The molecule has 0 unspecified atom stereocenters. The van der Waals surface area contributed by atoms with Crippen molar-refractivity contribution in [3.63, 3.8) is 0 Å². The van der Waals surface area contributed by atoms with Crippen molar-refractivity contribution in [2.24, 2.45) is 5.92 Å². The van der Waals surface area contributed by atoms with E-state index in [0.29, 0.717) is 30.2 Å². The number of nitrogens with one attached hydrogen (secondary N) is 1. The number of hydrogen-bond donors (Lipinski definition) is 1. The number of hydrogen-bond acceptors (Lipinski definition) is 7. The van der Waals surface area contributed by atoms with Crippen LogP contribution in [0.1, 0.15) is 50.8 Å². The van der Waals surface area contributed by atoms with Gasteiger partial charge in [-0.1, -0.05) is 24.4 Å². The molecule has 4 rings (SSSR count). The van der Waals surface area contributed by atoms with E-state index >= 15 is 0 Å². The van der Waals surface area contributed by atoms with Crippen molar-refractivity contribution in [3.8, 4) is 11.4 Å². The molecule has 2 aliphatic rings. The lowest BCUT2D eigenvalue weighted by atomic mass is 9.93. The van der Waals surface area contributed by atoms with Crippen molar-refractivity contribution in [2.75, 3.05) is 13.1 Å². The summed E-state index contributed by atoms with van der Waals surface area (Å²) in [5, 5.41) is 8.70. The number of sulfonamides is 1. The second kappa shape index (κ2) is 8.53. The Morgan fingerprint density at radius 2 is 2.03 bits per heavy atom. The van der Waals surface area contributed by atoms with E-state index in [2.05, 4.69) is 15.5 Å². The van der Waals surface area contributed by atoms with Gasteiger partial charge in [0.1, 0.15) is 4.21 Å². The number of nitrogens with zero attached hydrogens (tertiary/aromatic N) is 3. The number of aromatic nitrogens is 2. The highest BCUT2D eigenvalue weighted by Gasteiger charge is 2.35.